The molecule has 1 aliphatic heterocycles. The first-order valence-electron chi connectivity index (χ1n) is 10.3. The fourth-order valence-electron chi connectivity index (χ4n) is 3.75. The van der Waals surface area contributed by atoms with Crippen LogP contribution in [0.5, 0.6) is 11.5 Å². The second-order valence-corrected chi connectivity index (χ2v) is 8.49. The van der Waals surface area contributed by atoms with E-state index < -0.39 is 0 Å². The molecular formula is C23H27N3O3S. The third kappa shape index (κ3) is 4.67. The van der Waals surface area contributed by atoms with Gasteiger partial charge in [0.1, 0.15) is 11.5 Å². The van der Waals surface area contributed by atoms with Crippen LogP contribution >= 0.6 is 11.3 Å². The van der Waals surface area contributed by atoms with E-state index in [9.17, 15) is 4.79 Å². The predicted octanol–water partition coefficient (Wildman–Crippen LogP) is 3.89. The SMILES string of the molecule is COc1ccc(CCNC(=O)C2CCN(c3nc4ccc(OC)cc4s3)CC2)cc1. The number of thiazole rings is 1. The van der Waals surface area contributed by atoms with Crippen molar-refractivity contribution in [1.82, 2.24) is 10.3 Å². The normalized spacial score (nSPS) is 14.7. The molecule has 0 atom stereocenters. The largest absolute Gasteiger partial charge is 0.497 e. The Morgan fingerprint density at radius 2 is 1.80 bits per heavy atom. The van der Waals surface area contributed by atoms with Crippen LogP contribution in [0.4, 0.5) is 5.13 Å². The second-order valence-electron chi connectivity index (χ2n) is 7.48. The highest BCUT2D eigenvalue weighted by molar-refractivity contribution is 7.22. The smallest absolute Gasteiger partial charge is 0.223 e. The van der Waals surface area contributed by atoms with Crippen LogP contribution in [0.3, 0.4) is 0 Å². The van der Waals surface area contributed by atoms with E-state index in [0.717, 1.165) is 59.2 Å². The van der Waals surface area contributed by atoms with Gasteiger partial charge in [-0.2, -0.15) is 0 Å². The molecule has 30 heavy (non-hydrogen) atoms. The maximum atomic E-state index is 12.6. The van der Waals surface area contributed by atoms with E-state index in [-0.39, 0.29) is 11.8 Å². The van der Waals surface area contributed by atoms with Crippen molar-refractivity contribution in [2.75, 3.05) is 38.8 Å². The number of carbonyl (C=O) groups excluding carboxylic acids is 1. The summed E-state index contributed by atoms with van der Waals surface area (Å²) in [4.78, 5) is 19.6. The number of ether oxygens (including phenoxy) is 2. The van der Waals surface area contributed by atoms with Gasteiger partial charge in [0, 0.05) is 25.6 Å². The number of piperidine rings is 1. The molecule has 0 radical (unpaired) electrons. The second kappa shape index (κ2) is 9.34. The molecule has 6 nitrogen and oxygen atoms in total. The Kier molecular flexibility index (Phi) is 6.38. The van der Waals surface area contributed by atoms with Crippen LogP contribution in [0.15, 0.2) is 42.5 Å². The van der Waals surface area contributed by atoms with E-state index in [4.69, 9.17) is 14.5 Å². The summed E-state index contributed by atoms with van der Waals surface area (Å²) >= 11 is 1.68. The monoisotopic (exact) mass is 425 g/mol. The summed E-state index contributed by atoms with van der Waals surface area (Å²) in [7, 11) is 3.34. The summed E-state index contributed by atoms with van der Waals surface area (Å²) in [5.74, 6) is 1.94. The van der Waals surface area contributed by atoms with Gasteiger partial charge in [0.15, 0.2) is 5.13 Å². The molecule has 1 aromatic heterocycles. The summed E-state index contributed by atoms with van der Waals surface area (Å²) in [6, 6.07) is 13.9. The van der Waals surface area contributed by atoms with E-state index in [1.54, 1.807) is 25.6 Å². The average Bonchev–Trinajstić information content (AvgIpc) is 3.23. The number of hydrogen-bond acceptors (Lipinski definition) is 6. The van der Waals surface area contributed by atoms with Crippen molar-refractivity contribution in [3.05, 3.63) is 48.0 Å². The first-order chi connectivity index (χ1) is 14.7. The lowest BCUT2D eigenvalue weighted by atomic mass is 9.96. The fraction of sp³-hybridized carbons (Fsp3) is 0.391. The number of rotatable bonds is 7. The Bertz CT molecular complexity index is 995. The predicted molar refractivity (Wildman–Crippen MR) is 121 cm³/mol. The zero-order chi connectivity index (χ0) is 20.9. The highest BCUT2D eigenvalue weighted by atomic mass is 32.1. The molecule has 1 aliphatic rings. The van der Waals surface area contributed by atoms with Crippen molar-refractivity contribution < 1.29 is 14.3 Å². The first-order valence-corrected chi connectivity index (χ1v) is 11.1. The van der Waals surface area contributed by atoms with Gasteiger partial charge in [-0.15, -0.1) is 0 Å². The standard InChI is InChI=1S/C23H27N3O3S/c1-28-18-5-3-16(4-6-18)9-12-24-22(27)17-10-13-26(14-11-17)23-25-20-8-7-19(29-2)15-21(20)30-23/h3-8,15,17H,9-14H2,1-2H3,(H,24,27). The zero-order valence-electron chi connectivity index (χ0n) is 17.4. The number of anilines is 1. The van der Waals surface area contributed by atoms with Crippen LogP contribution < -0.4 is 19.7 Å². The lowest BCUT2D eigenvalue weighted by Gasteiger charge is -2.31. The van der Waals surface area contributed by atoms with Gasteiger partial charge in [0.05, 0.1) is 24.4 Å². The first kappa shape index (κ1) is 20.5. The van der Waals surface area contributed by atoms with E-state index in [1.807, 2.05) is 42.5 Å². The van der Waals surface area contributed by atoms with Crippen LogP contribution in [0.1, 0.15) is 18.4 Å². The van der Waals surface area contributed by atoms with Crippen LogP contribution in [0.25, 0.3) is 10.2 Å². The molecule has 1 N–H and O–H groups in total. The topological polar surface area (TPSA) is 63.7 Å². The third-order valence-electron chi connectivity index (χ3n) is 5.59. The van der Waals surface area contributed by atoms with Crippen molar-refractivity contribution in [3.63, 3.8) is 0 Å². The average molecular weight is 426 g/mol. The van der Waals surface area contributed by atoms with Gasteiger partial charge in [0.25, 0.3) is 0 Å². The Balaban J connectivity index is 1.26. The number of hydrogen-bond donors (Lipinski definition) is 1. The summed E-state index contributed by atoms with van der Waals surface area (Å²) in [5, 5.41) is 4.13. The molecule has 0 bridgehead atoms. The molecule has 2 aromatic carbocycles. The molecule has 1 saturated heterocycles. The third-order valence-corrected chi connectivity index (χ3v) is 6.67. The Morgan fingerprint density at radius 1 is 1.10 bits per heavy atom. The molecule has 158 valence electrons. The quantitative estimate of drug-likeness (QED) is 0.622. The Morgan fingerprint density at radius 3 is 2.50 bits per heavy atom. The minimum atomic E-state index is 0.0755. The molecular weight excluding hydrogens is 398 g/mol. The molecule has 0 saturated carbocycles. The minimum absolute atomic E-state index is 0.0755. The summed E-state index contributed by atoms with van der Waals surface area (Å²) < 4.78 is 11.6. The molecule has 4 rings (SSSR count). The highest BCUT2D eigenvalue weighted by Gasteiger charge is 2.26. The van der Waals surface area contributed by atoms with Crippen molar-refractivity contribution in [2.24, 2.45) is 5.92 Å². The molecule has 1 amide bonds. The molecule has 0 aliphatic carbocycles. The number of benzene rings is 2. The van der Waals surface area contributed by atoms with Gasteiger partial charge in [-0.3, -0.25) is 4.79 Å². The van der Waals surface area contributed by atoms with Crippen molar-refractivity contribution >= 4 is 32.6 Å². The van der Waals surface area contributed by atoms with E-state index in [2.05, 4.69) is 10.2 Å². The molecule has 0 unspecified atom stereocenters. The van der Waals surface area contributed by atoms with Crippen LogP contribution in [0.2, 0.25) is 0 Å². The number of amides is 1. The summed E-state index contributed by atoms with van der Waals surface area (Å²) in [6.07, 6.45) is 2.53. The molecule has 2 heterocycles. The van der Waals surface area contributed by atoms with Crippen molar-refractivity contribution in [1.29, 1.82) is 0 Å². The fourth-order valence-corrected chi connectivity index (χ4v) is 4.80. The molecule has 0 spiro atoms. The number of methoxy groups -OCH3 is 2. The van der Waals surface area contributed by atoms with E-state index in [1.165, 1.54) is 5.56 Å². The maximum Gasteiger partial charge on any atom is 0.223 e. The van der Waals surface area contributed by atoms with Crippen LogP contribution in [-0.2, 0) is 11.2 Å². The number of nitrogens with zero attached hydrogens (tertiary/aromatic N) is 2. The van der Waals surface area contributed by atoms with Gasteiger partial charge < -0.3 is 19.7 Å². The maximum absolute atomic E-state index is 12.6. The molecule has 3 aromatic rings. The number of nitrogens with one attached hydrogen (secondary N) is 1. The van der Waals surface area contributed by atoms with E-state index in [0.29, 0.717) is 6.54 Å². The van der Waals surface area contributed by atoms with Gasteiger partial charge in [0.2, 0.25) is 5.91 Å². The minimum Gasteiger partial charge on any atom is -0.497 e. The highest BCUT2D eigenvalue weighted by Crippen LogP contribution is 2.33. The Labute approximate surface area is 180 Å². The lowest BCUT2D eigenvalue weighted by Crippen LogP contribution is -2.41. The lowest BCUT2D eigenvalue weighted by molar-refractivity contribution is -0.125. The summed E-state index contributed by atoms with van der Waals surface area (Å²) in [6.45, 7) is 2.37. The summed E-state index contributed by atoms with van der Waals surface area (Å²) in [5.41, 5.74) is 2.19. The van der Waals surface area contributed by atoms with Crippen molar-refractivity contribution in [2.45, 2.75) is 19.3 Å². The molecule has 7 heteroatoms. The number of carbonyl (C=O) groups is 1. The van der Waals surface area contributed by atoms with E-state index >= 15 is 0 Å². The van der Waals surface area contributed by atoms with Gasteiger partial charge in [-0.05, 0) is 55.2 Å². The van der Waals surface area contributed by atoms with Gasteiger partial charge >= 0.3 is 0 Å². The van der Waals surface area contributed by atoms with Gasteiger partial charge in [-0.1, -0.05) is 23.5 Å². The zero-order valence-corrected chi connectivity index (χ0v) is 18.2. The van der Waals surface area contributed by atoms with Crippen LogP contribution in [0, 0.1) is 5.92 Å². The number of aromatic nitrogens is 1. The Hall–Kier alpha value is -2.80. The number of fused-ring (bicyclic) bond motifs is 1. The van der Waals surface area contributed by atoms with Gasteiger partial charge in [-0.25, -0.2) is 4.98 Å². The van der Waals surface area contributed by atoms with Crippen LogP contribution in [-0.4, -0.2) is 44.7 Å². The van der Waals surface area contributed by atoms with Crippen molar-refractivity contribution in [3.8, 4) is 11.5 Å². The molecule has 1 fully saturated rings.